The molecule has 2 aromatic carbocycles. The Morgan fingerprint density at radius 1 is 1.00 bits per heavy atom. The number of nitrogens with one attached hydrogen (secondary N) is 2. The van der Waals surface area contributed by atoms with Crippen molar-refractivity contribution in [1.82, 2.24) is 10.3 Å². The van der Waals surface area contributed by atoms with Crippen molar-refractivity contribution >= 4 is 28.9 Å². The summed E-state index contributed by atoms with van der Waals surface area (Å²) in [5.41, 5.74) is 4.64. The van der Waals surface area contributed by atoms with Crippen LogP contribution in [0.4, 0.5) is 11.4 Å². The van der Waals surface area contributed by atoms with Crippen LogP contribution < -0.4 is 10.6 Å². The SMILES string of the molecule is CCc1ccc(Nc2cncc(C(=O)NCCc3cccc(Cl)c3)c2)cc1. The predicted octanol–water partition coefficient (Wildman–Crippen LogP) is 5.01. The number of anilines is 2. The van der Waals surface area contributed by atoms with Crippen molar-refractivity contribution in [2.45, 2.75) is 19.8 Å². The van der Waals surface area contributed by atoms with Crippen LogP contribution in [0.1, 0.15) is 28.4 Å². The summed E-state index contributed by atoms with van der Waals surface area (Å²) >= 11 is 5.98. The van der Waals surface area contributed by atoms with Crippen LogP contribution in [0.3, 0.4) is 0 Å². The summed E-state index contributed by atoms with van der Waals surface area (Å²) in [5, 5.41) is 6.91. The van der Waals surface area contributed by atoms with Gasteiger partial charge in [-0.1, -0.05) is 42.8 Å². The number of hydrogen-bond acceptors (Lipinski definition) is 3. The summed E-state index contributed by atoms with van der Waals surface area (Å²) in [6, 6.07) is 17.7. The van der Waals surface area contributed by atoms with Gasteiger partial charge in [0.05, 0.1) is 17.4 Å². The van der Waals surface area contributed by atoms with E-state index in [2.05, 4.69) is 34.7 Å². The second-order valence-electron chi connectivity index (χ2n) is 6.27. The Bertz CT molecular complexity index is 909. The Morgan fingerprint density at radius 2 is 1.81 bits per heavy atom. The molecule has 0 bridgehead atoms. The van der Waals surface area contributed by atoms with E-state index in [-0.39, 0.29) is 5.91 Å². The quantitative estimate of drug-likeness (QED) is 0.606. The lowest BCUT2D eigenvalue weighted by Gasteiger charge is -2.09. The minimum Gasteiger partial charge on any atom is -0.354 e. The number of hydrogen-bond donors (Lipinski definition) is 2. The molecule has 0 aliphatic heterocycles. The first-order valence-corrected chi connectivity index (χ1v) is 9.35. The van der Waals surface area contributed by atoms with Gasteiger partial charge in [0.15, 0.2) is 0 Å². The van der Waals surface area contributed by atoms with Gasteiger partial charge in [-0.3, -0.25) is 9.78 Å². The first-order valence-electron chi connectivity index (χ1n) is 8.97. The van der Waals surface area contributed by atoms with Crippen molar-refractivity contribution in [3.05, 3.63) is 88.7 Å². The van der Waals surface area contributed by atoms with Gasteiger partial charge in [-0.2, -0.15) is 0 Å². The van der Waals surface area contributed by atoms with Gasteiger partial charge in [-0.25, -0.2) is 0 Å². The van der Waals surface area contributed by atoms with E-state index in [1.807, 2.05) is 36.4 Å². The zero-order valence-electron chi connectivity index (χ0n) is 15.2. The van der Waals surface area contributed by atoms with E-state index in [0.717, 1.165) is 29.8 Å². The fourth-order valence-corrected chi connectivity index (χ4v) is 2.95. The van der Waals surface area contributed by atoms with E-state index in [9.17, 15) is 4.79 Å². The molecular formula is C22H22ClN3O. The number of amides is 1. The number of carbonyl (C=O) groups is 1. The molecule has 0 saturated carbocycles. The normalized spacial score (nSPS) is 10.4. The van der Waals surface area contributed by atoms with Gasteiger partial charge in [-0.15, -0.1) is 0 Å². The molecule has 27 heavy (non-hydrogen) atoms. The highest BCUT2D eigenvalue weighted by Gasteiger charge is 2.07. The maximum absolute atomic E-state index is 12.4. The number of halogens is 1. The molecule has 3 aromatic rings. The average Bonchev–Trinajstić information content (AvgIpc) is 2.69. The van der Waals surface area contributed by atoms with Crippen molar-refractivity contribution in [3.8, 4) is 0 Å². The molecule has 5 heteroatoms. The molecule has 0 atom stereocenters. The first kappa shape index (κ1) is 18.9. The molecular weight excluding hydrogens is 358 g/mol. The summed E-state index contributed by atoms with van der Waals surface area (Å²) in [6.45, 7) is 2.66. The third kappa shape index (κ3) is 5.56. The van der Waals surface area contributed by atoms with Gasteiger partial charge in [0, 0.05) is 23.5 Å². The van der Waals surface area contributed by atoms with Crippen LogP contribution in [-0.2, 0) is 12.8 Å². The Morgan fingerprint density at radius 3 is 2.56 bits per heavy atom. The highest BCUT2D eigenvalue weighted by Crippen LogP contribution is 2.18. The van der Waals surface area contributed by atoms with Gasteiger partial charge >= 0.3 is 0 Å². The molecule has 1 amide bonds. The molecule has 138 valence electrons. The molecule has 0 spiro atoms. The van der Waals surface area contributed by atoms with Crippen LogP contribution in [0, 0.1) is 0 Å². The lowest BCUT2D eigenvalue weighted by atomic mass is 10.1. The predicted molar refractivity (Wildman–Crippen MR) is 111 cm³/mol. The van der Waals surface area contributed by atoms with E-state index < -0.39 is 0 Å². The van der Waals surface area contributed by atoms with Crippen molar-refractivity contribution in [2.24, 2.45) is 0 Å². The van der Waals surface area contributed by atoms with E-state index >= 15 is 0 Å². The van der Waals surface area contributed by atoms with E-state index in [4.69, 9.17) is 11.6 Å². The number of rotatable bonds is 7. The van der Waals surface area contributed by atoms with Crippen LogP contribution in [0.25, 0.3) is 0 Å². The lowest BCUT2D eigenvalue weighted by molar-refractivity contribution is 0.0954. The van der Waals surface area contributed by atoms with E-state index in [0.29, 0.717) is 17.1 Å². The van der Waals surface area contributed by atoms with Crippen LogP contribution in [0.2, 0.25) is 5.02 Å². The van der Waals surface area contributed by atoms with Gasteiger partial charge < -0.3 is 10.6 Å². The van der Waals surface area contributed by atoms with Crippen LogP contribution >= 0.6 is 11.6 Å². The molecule has 4 nitrogen and oxygen atoms in total. The first-order chi connectivity index (χ1) is 13.1. The molecule has 0 saturated heterocycles. The maximum Gasteiger partial charge on any atom is 0.252 e. The average molecular weight is 380 g/mol. The van der Waals surface area contributed by atoms with Crippen molar-refractivity contribution in [2.75, 3.05) is 11.9 Å². The van der Waals surface area contributed by atoms with Crippen LogP contribution in [-0.4, -0.2) is 17.4 Å². The minimum absolute atomic E-state index is 0.144. The molecule has 0 fully saturated rings. The molecule has 1 heterocycles. The Balaban J connectivity index is 1.57. The largest absolute Gasteiger partial charge is 0.354 e. The number of carbonyl (C=O) groups excluding carboxylic acids is 1. The number of benzene rings is 2. The summed E-state index contributed by atoms with van der Waals surface area (Å²) in [7, 11) is 0. The third-order valence-electron chi connectivity index (χ3n) is 4.24. The number of nitrogens with zero attached hydrogens (tertiary/aromatic N) is 1. The fraction of sp³-hybridized carbons (Fsp3) is 0.182. The molecule has 0 aliphatic rings. The molecule has 0 radical (unpaired) electrons. The standard InChI is InChI=1S/C22H22ClN3O/c1-2-16-6-8-20(9-7-16)26-21-13-18(14-24-15-21)22(27)25-11-10-17-4-3-5-19(23)12-17/h3-9,12-15,26H,2,10-11H2,1H3,(H,25,27). The van der Waals surface area contributed by atoms with Crippen LogP contribution in [0.5, 0.6) is 0 Å². The Kier molecular flexibility index (Phi) is 6.44. The topological polar surface area (TPSA) is 54.0 Å². The molecule has 2 N–H and O–H groups in total. The Labute approximate surface area is 164 Å². The molecule has 0 unspecified atom stereocenters. The summed E-state index contributed by atoms with van der Waals surface area (Å²) in [5.74, 6) is -0.144. The van der Waals surface area contributed by atoms with Crippen LogP contribution in [0.15, 0.2) is 67.0 Å². The second-order valence-corrected chi connectivity index (χ2v) is 6.71. The van der Waals surface area contributed by atoms with Crippen molar-refractivity contribution in [1.29, 1.82) is 0 Å². The van der Waals surface area contributed by atoms with E-state index in [1.54, 1.807) is 18.5 Å². The van der Waals surface area contributed by atoms with Crippen molar-refractivity contribution in [3.63, 3.8) is 0 Å². The molecule has 0 aliphatic carbocycles. The number of aromatic nitrogens is 1. The van der Waals surface area contributed by atoms with Gasteiger partial charge in [0.2, 0.25) is 0 Å². The lowest BCUT2D eigenvalue weighted by Crippen LogP contribution is -2.25. The van der Waals surface area contributed by atoms with E-state index in [1.165, 1.54) is 5.56 Å². The van der Waals surface area contributed by atoms with Crippen molar-refractivity contribution < 1.29 is 4.79 Å². The molecule has 1 aromatic heterocycles. The zero-order chi connectivity index (χ0) is 19.1. The highest BCUT2D eigenvalue weighted by molar-refractivity contribution is 6.30. The third-order valence-corrected chi connectivity index (χ3v) is 4.47. The summed E-state index contributed by atoms with van der Waals surface area (Å²) in [4.78, 5) is 16.6. The van der Waals surface area contributed by atoms with Gasteiger partial charge in [0.1, 0.15) is 0 Å². The summed E-state index contributed by atoms with van der Waals surface area (Å²) < 4.78 is 0. The number of pyridine rings is 1. The minimum atomic E-state index is -0.144. The Hall–Kier alpha value is -2.85. The maximum atomic E-state index is 12.4. The van der Waals surface area contributed by atoms with Gasteiger partial charge in [0.25, 0.3) is 5.91 Å². The summed E-state index contributed by atoms with van der Waals surface area (Å²) in [6.07, 6.45) is 5.00. The highest BCUT2D eigenvalue weighted by atomic mass is 35.5. The zero-order valence-corrected chi connectivity index (χ0v) is 16.0. The molecule has 3 rings (SSSR count). The number of aryl methyl sites for hydroxylation is 1. The van der Waals surface area contributed by atoms with Gasteiger partial charge in [-0.05, 0) is 54.3 Å². The second kappa shape index (κ2) is 9.19. The fourth-order valence-electron chi connectivity index (χ4n) is 2.74. The monoisotopic (exact) mass is 379 g/mol. The smallest absolute Gasteiger partial charge is 0.252 e.